The average Bonchev–Trinajstić information content (AvgIpc) is 2.38. The van der Waals surface area contributed by atoms with Gasteiger partial charge in [0.15, 0.2) is 0 Å². The van der Waals surface area contributed by atoms with Gasteiger partial charge in [0.05, 0.1) is 6.42 Å². The van der Waals surface area contributed by atoms with E-state index < -0.39 is 5.97 Å². The van der Waals surface area contributed by atoms with Crippen LogP contribution in [0.1, 0.15) is 24.0 Å². The summed E-state index contributed by atoms with van der Waals surface area (Å²) in [5, 5.41) is 8.80. The summed E-state index contributed by atoms with van der Waals surface area (Å²) in [4.78, 5) is 24.1. The molecule has 3 N–H and O–H groups in total. The van der Waals surface area contributed by atoms with Gasteiger partial charge in [-0.2, -0.15) is 0 Å². The van der Waals surface area contributed by atoms with Crippen LogP contribution in [-0.2, 0) is 16.0 Å². The minimum absolute atomic E-state index is 0.0159. The van der Waals surface area contributed by atoms with E-state index in [2.05, 4.69) is 4.90 Å². The number of carboxylic acids is 1. The molecule has 1 fully saturated rings. The summed E-state index contributed by atoms with van der Waals surface area (Å²) < 4.78 is 0. The molecule has 1 aliphatic heterocycles. The smallest absolute Gasteiger partial charge is 0.307 e. The molecule has 1 amide bonds. The summed E-state index contributed by atoms with van der Waals surface area (Å²) in [6, 6.07) is 5.75. The summed E-state index contributed by atoms with van der Waals surface area (Å²) in [6.07, 6.45) is 1.61. The molecule has 0 aromatic heterocycles. The molecule has 1 aromatic rings. The van der Waals surface area contributed by atoms with Crippen molar-refractivity contribution in [2.75, 3.05) is 18.0 Å². The molecule has 108 valence electrons. The molecule has 0 bridgehead atoms. The predicted molar refractivity (Wildman–Crippen MR) is 76.7 cm³/mol. The third-order valence-corrected chi connectivity index (χ3v) is 3.85. The van der Waals surface area contributed by atoms with Crippen LogP contribution in [0.4, 0.5) is 5.69 Å². The molecule has 5 nitrogen and oxygen atoms in total. The number of piperidine rings is 1. The second-order valence-corrected chi connectivity index (χ2v) is 5.36. The van der Waals surface area contributed by atoms with E-state index in [1.54, 1.807) is 0 Å². The molecular formula is C15H20N2O3. The van der Waals surface area contributed by atoms with Crippen LogP contribution in [0.2, 0.25) is 0 Å². The van der Waals surface area contributed by atoms with Crippen LogP contribution in [0.15, 0.2) is 18.2 Å². The molecule has 1 aromatic carbocycles. The highest BCUT2D eigenvalue weighted by atomic mass is 16.4. The quantitative estimate of drug-likeness (QED) is 0.869. The lowest BCUT2D eigenvalue weighted by Crippen LogP contribution is -2.38. The lowest BCUT2D eigenvalue weighted by Gasteiger charge is -2.33. The van der Waals surface area contributed by atoms with Crippen LogP contribution in [0.25, 0.3) is 0 Å². The lowest BCUT2D eigenvalue weighted by atomic mass is 9.95. The molecule has 0 spiro atoms. The van der Waals surface area contributed by atoms with Crippen LogP contribution in [0, 0.1) is 12.8 Å². The number of anilines is 1. The molecular weight excluding hydrogens is 256 g/mol. The van der Waals surface area contributed by atoms with E-state index in [-0.39, 0.29) is 18.2 Å². The summed E-state index contributed by atoms with van der Waals surface area (Å²) in [6.45, 7) is 3.61. The van der Waals surface area contributed by atoms with Gasteiger partial charge in [0, 0.05) is 24.7 Å². The standard InChI is InChI=1S/C15H20N2O3/c1-10-8-11(9-14(18)19)2-3-13(10)17-6-4-12(5-7-17)15(16)20/h2-3,8,12H,4-7,9H2,1H3,(H2,16,20)(H,18,19). The van der Waals surface area contributed by atoms with Crippen LogP contribution in [0.5, 0.6) is 0 Å². The van der Waals surface area contributed by atoms with Gasteiger partial charge in [-0.15, -0.1) is 0 Å². The minimum atomic E-state index is -0.820. The number of nitrogens with two attached hydrogens (primary N) is 1. The Bertz CT molecular complexity index is 520. The van der Waals surface area contributed by atoms with Crippen molar-refractivity contribution in [2.45, 2.75) is 26.2 Å². The Morgan fingerprint density at radius 3 is 2.50 bits per heavy atom. The number of nitrogens with zero attached hydrogens (tertiary/aromatic N) is 1. The number of carbonyl (C=O) groups is 2. The first kappa shape index (κ1) is 14.4. The van der Waals surface area contributed by atoms with Crippen molar-refractivity contribution in [3.63, 3.8) is 0 Å². The third kappa shape index (κ3) is 3.29. The highest BCUT2D eigenvalue weighted by Gasteiger charge is 2.23. The fraction of sp³-hybridized carbons (Fsp3) is 0.467. The van der Waals surface area contributed by atoms with Crippen molar-refractivity contribution in [1.82, 2.24) is 0 Å². The number of primary amides is 1. The molecule has 0 unspecified atom stereocenters. The SMILES string of the molecule is Cc1cc(CC(=O)O)ccc1N1CCC(C(N)=O)CC1. The van der Waals surface area contributed by atoms with Crippen molar-refractivity contribution in [2.24, 2.45) is 11.7 Å². The second kappa shape index (κ2) is 5.94. The summed E-state index contributed by atoms with van der Waals surface area (Å²) in [5.74, 6) is -1.05. The largest absolute Gasteiger partial charge is 0.481 e. The molecule has 0 radical (unpaired) electrons. The number of hydrogen-bond acceptors (Lipinski definition) is 3. The monoisotopic (exact) mass is 276 g/mol. The Balaban J connectivity index is 2.07. The van der Waals surface area contributed by atoms with E-state index in [0.717, 1.165) is 42.7 Å². The maximum absolute atomic E-state index is 11.2. The van der Waals surface area contributed by atoms with Crippen molar-refractivity contribution in [3.8, 4) is 0 Å². The number of aliphatic carboxylic acids is 1. The number of rotatable bonds is 4. The average molecular weight is 276 g/mol. The Kier molecular flexibility index (Phi) is 4.27. The molecule has 2 rings (SSSR count). The van der Waals surface area contributed by atoms with Crippen LogP contribution in [-0.4, -0.2) is 30.1 Å². The summed E-state index contributed by atoms with van der Waals surface area (Å²) in [5.41, 5.74) is 8.33. The normalized spacial score (nSPS) is 16.1. The zero-order chi connectivity index (χ0) is 14.7. The Morgan fingerprint density at radius 1 is 1.35 bits per heavy atom. The van der Waals surface area contributed by atoms with Gasteiger partial charge < -0.3 is 15.7 Å². The first-order valence-electron chi connectivity index (χ1n) is 6.83. The number of hydrogen-bond donors (Lipinski definition) is 2. The minimum Gasteiger partial charge on any atom is -0.481 e. The Labute approximate surface area is 118 Å². The Hall–Kier alpha value is -2.04. The zero-order valence-corrected chi connectivity index (χ0v) is 11.6. The highest BCUT2D eigenvalue weighted by Crippen LogP contribution is 2.26. The Morgan fingerprint density at radius 2 is 2.00 bits per heavy atom. The molecule has 1 saturated heterocycles. The fourth-order valence-corrected chi connectivity index (χ4v) is 2.76. The van der Waals surface area contributed by atoms with Crippen molar-refractivity contribution >= 4 is 17.6 Å². The number of carbonyl (C=O) groups excluding carboxylic acids is 1. The highest BCUT2D eigenvalue weighted by molar-refractivity contribution is 5.77. The van der Waals surface area contributed by atoms with E-state index in [1.165, 1.54) is 0 Å². The number of aryl methyl sites for hydroxylation is 1. The van der Waals surface area contributed by atoms with Crippen molar-refractivity contribution < 1.29 is 14.7 Å². The molecule has 5 heteroatoms. The van der Waals surface area contributed by atoms with Crippen LogP contribution in [0.3, 0.4) is 0 Å². The maximum atomic E-state index is 11.2. The van der Waals surface area contributed by atoms with Gasteiger partial charge in [-0.05, 0) is 37.0 Å². The van der Waals surface area contributed by atoms with Gasteiger partial charge in [-0.25, -0.2) is 0 Å². The van der Waals surface area contributed by atoms with Crippen molar-refractivity contribution in [3.05, 3.63) is 29.3 Å². The summed E-state index contributed by atoms with van der Waals surface area (Å²) in [7, 11) is 0. The number of benzene rings is 1. The number of amides is 1. The third-order valence-electron chi connectivity index (χ3n) is 3.85. The molecule has 0 atom stereocenters. The van der Waals surface area contributed by atoms with Crippen LogP contribution >= 0.6 is 0 Å². The predicted octanol–water partition coefficient (Wildman–Crippen LogP) is 1.32. The van der Waals surface area contributed by atoms with E-state index >= 15 is 0 Å². The molecule has 0 aliphatic carbocycles. The van der Waals surface area contributed by atoms with Gasteiger partial charge in [-0.3, -0.25) is 9.59 Å². The molecule has 1 heterocycles. The molecule has 0 saturated carbocycles. The first-order chi connectivity index (χ1) is 9.47. The van der Waals surface area contributed by atoms with Crippen molar-refractivity contribution in [1.29, 1.82) is 0 Å². The maximum Gasteiger partial charge on any atom is 0.307 e. The molecule has 20 heavy (non-hydrogen) atoms. The van der Waals surface area contributed by atoms with Gasteiger partial charge in [0.25, 0.3) is 0 Å². The van der Waals surface area contributed by atoms with E-state index in [9.17, 15) is 9.59 Å². The van der Waals surface area contributed by atoms with Gasteiger partial charge in [-0.1, -0.05) is 12.1 Å². The number of carboxylic acid groups (broad SMARTS) is 1. The van der Waals surface area contributed by atoms with E-state index in [1.807, 2.05) is 25.1 Å². The fourth-order valence-electron chi connectivity index (χ4n) is 2.76. The summed E-state index contributed by atoms with van der Waals surface area (Å²) >= 11 is 0. The van der Waals surface area contributed by atoms with Crippen LogP contribution < -0.4 is 10.6 Å². The molecule has 1 aliphatic rings. The topological polar surface area (TPSA) is 83.6 Å². The van der Waals surface area contributed by atoms with E-state index in [4.69, 9.17) is 10.8 Å². The van der Waals surface area contributed by atoms with Gasteiger partial charge >= 0.3 is 5.97 Å². The zero-order valence-electron chi connectivity index (χ0n) is 11.6. The lowest BCUT2D eigenvalue weighted by molar-refractivity contribution is -0.136. The van der Waals surface area contributed by atoms with Gasteiger partial charge in [0.1, 0.15) is 0 Å². The first-order valence-corrected chi connectivity index (χ1v) is 6.83. The van der Waals surface area contributed by atoms with E-state index in [0.29, 0.717) is 0 Å². The second-order valence-electron chi connectivity index (χ2n) is 5.36. The van der Waals surface area contributed by atoms with Gasteiger partial charge in [0.2, 0.25) is 5.91 Å².